The van der Waals surface area contributed by atoms with Crippen molar-refractivity contribution in [3.05, 3.63) is 59.4 Å². The molecule has 0 bridgehead atoms. The molecule has 2 rings (SSSR count). The molecule has 0 spiro atoms. The van der Waals surface area contributed by atoms with E-state index in [0.717, 1.165) is 0 Å². The fourth-order valence-electron chi connectivity index (χ4n) is 1.76. The minimum absolute atomic E-state index is 0.101. The van der Waals surface area contributed by atoms with Crippen LogP contribution in [0.3, 0.4) is 0 Å². The number of hydrogen-bond acceptors (Lipinski definition) is 3. The predicted octanol–water partition coefficient (Wildman–Crippen LogP) is 2.39. The second kappa shape index (κ2) is 5.60. The second-order valence-electron chi connectivity index (χ2n) is 4.37. The molecule has 3 N–H and O–H groups in total. The number of hydrogen-bond donors (Lipinski definition) is 2. The molecule has 0 aliphatic carbocycles. The van der Waals surface area contributed by atoms with E-state index in [0.29, 0.717) is 5.56 Å². The zero-order chi connectivity index (χ0) is 14.8. The quantitative estimate of drug-likeness (QED) is 0.909. The van der Waals surface area contributed by atoms with Crippen LogP contribution in [0.4, 0.5) is 10.1 Å². The van der Waals surface area contributed by atoms with Crippen LogP contribution in [0.15, 0.2) is 47.4 Å². The smallest absolute Gasteiger partial charge is 0.261 e. The van der Waals surface area contributed by atoms with Crippen LogP contribution in [0.5, 0.6) is 0 Å². The number of halogens is 1. The molecule has 0 saturated heterocycles. The van der Waals surface area contributed by atoms with Gasteiger partial charge in [0, 0.05) is 12.1 Å². The van der Waals surface area contributed by atoms with Gasteiger partial charge in [0.25, 0.3) is 10.0 Å². The number of sulfonamides is 1. The lowest BCUT2D eigenvalue weighted by Gasteiger charge is -2.11. The van der Waals surface area contributed by atoms with Gasteiger partial charge in [0.2, 0.25) is 0 Å². The molecule has 0 aliphatic heterocycles. The average Bonchev–Trinajstić information content (AvgIpc) is 2.44. The maximum atomic E-state index is 13.4. The molecule has 0 fully saturated rings. The van der Waals surface area contributed by atoms with Crippen LogP contribution < -0.4 is 10.5 Å². The lowest BCUT2D eigenvalue weighted by atomic mass is 10.2. The van der Waals surface area contributed by atoms with Gasteiger partial charge in [-0.25, -0.2) is 12.8 Å². The molecular weight excluding hydrogens is 279 g/mol. The maximum absolute atomic E-state index is 13.4. The van der Waals surface area contributed by atoms with Crippen molar-refractivity contribution < 1.29 is 12.8 Å². The lowest BCUT2D eigenvalue weighted by Crippen LogP contribution is -2.14. The van der Waals surface area contributed by atoms with E-state index in [9.17, 15) is 12.8 Å². The van der Waals surface area contributed by atoms with Crippen LogP contribution in [0.2, 0.25) is 0 Å². The summed E-state index contributed by atoms with van der Waals surface area (Å²) in [6, 6.07) is 10.6. The Morgan fingerprint density at radius 2 is 1.90 bits per heavy atom. The molecular formula is C14H15FN2O2S. The van der Waals surface area contributed by atoms with Crippen LogP contribution in [-0.4, -0.2) is 8.42 Å². The van der Waals surface area contributed by atoms with E-state index in [4.69, 9.17) is 5.73 Å². The summed E-state index contributed by atoms with van der Waals surface area (Å²) in [7, 11) is -3.76. The van der Waals surface area contributed by atoms with Crippen molar-refractivity contribution in [3.8, 4) is 0 Å². The number of rotatable bonds is 4. The first-order chi connectivity index (χ1) is 9.44. The predicted molar refractivity (Wildman–Crippen MR) is 76.3 cm³/mol. The molecule has 106 valence electrons. The first kappa shape index (κ1) is 14.5. The third-order valence-corrected chi connectivity index (χ3v) is 4.32. The Bertz CT molecular complexity index is 730. The van der Waals surface area contributed by atoms with Gasteiger partial charge in [0.1, 0.15) is 5.82 Å². The van der Waals surface area contributed by atoms with Crippen LogP contribution in [0, 0.1) is 12.7 Å². The highest BCUT2D eigenvalue weighted by atomic mass is 32.2. The monoisotopic (exact) mass is 294 g/mol. The second-order valence-corrected chi connectivity index (χ2v) is 6.05. The van der Waals surface area contributed by atoms with Crippen molar-refractivity contribution in [2.75, 3.05) is 4.72 Å². The molecule has 0 unspecified atom stereocenters. The van der Waals surface area contributed by atoms with E-state index in [2.05, 4.69) is 4.72 Å². The van der Waals surface area contributed by atoms with Crippen molar-refractivity contribution in [3.63, 3.8) is 0 Å². The molecule has 2 aromatic carbocycles. The van der Waals surface area contributed by atoms with E-state index >= 15 is 0 Å². The van der Waals surface area contributed by atoms with Gasteiger partial charge in [-0.15, -0.1) is 0 Å². The van der Waals surface area contributed by atoms with Crippen molar-refractivity contribution in [1.29, 1.82) is 0 Å². The summed E-state index contributed by atoms with van der Waals surface area (Å²) < 4.78 is 40.3. The third-order valence-electron chi connectivity index (χ3n) is 2.96. The van der Waals surface area contributed by atoms with Crippen molar-refractivity contribution >= 4 is 15.7 Å². The number of anilines is 1. The summed E-state index contributed by atoms with van der Waals surface area (Å²) in [6.45, 7) is 1.77. The van der Waals surface area contributed by atoms with Gasteiger partial charge in [-0.2, -0.15) is 0 Å². The summed E-state index contributed by atoms with van der Waals surface area (Å²) in [5, 5.41) is 0. The van der Waals surface area contributed by atoms with Gasteiger partial charge >= 0.3 is 0 Å². The summed E-state index contributed by atoms with van der Waals surface area (Å²) >= 11 is 0. The van der Waals surface area contributed by atoms with Gasteiger partial charge in [-0.05, 0) is 36.8 Å². The Labute approximate surface area is 117 Å². The SMILES string of the molecule is Cc1c(F)cccc1NS(=O)(=O)c1cccc(CN)c1. The molecule has 2 aromatic rings. The zero-order valence-electron chi connectivity index (χ0n) is 10.9. The zero-order valence-corrected chi connectivity index (χ0v) is 11.7. The standard InChI is InChI=1S/C14H15FN2O2S/c1-10-13(15)6-3-7-14(10)17-20(18,19)12-5-2-4-11(8-12)9-16/h2-8,17H,9,16H2,1H3. The molecule has 0 amide bonds. The Morgan fingerprint density at radius 3 is 2.60 bits per heavy atom. The topological polar surface area (TPSA) is 72.2 Å². The van der Waals surface area contributed by atoms with Crippen LogP contribution >= 0.6 is 0 Å². The number of nitrogens with two attached hydrogens (primary N) is 1. The van der Waals surface area contributed by atoms with E-state index in [1.54, 1.807) is 12.1 Å². The highest BCUT2D eigenvalue weighted by Gasteiger charge is 2.16. The summed E-state index contributed by atoms with van der Waals surface area (Å²) in [6.07, 6.45) is 0. The van der Waals surface area contributed by atoms with E-state index in [1.165, 1.54) is 37.3 Å². The minimum Gasteiger partial charge on any atom is -0.326 e. The minimum atomic E-state index is -3.76. The molecule has 0 saturated carbocycles. The summed E-state index contributed by atoms with van der Waals surface area (Å²) in [5.74, 6) is -0.457. The Balaban J connectivity index is 2.38. The molecule has 0 aromatic heterocycles. The summed E-state index contributed by atoms with van der Waals surface area (Å²) in [4.78, 5) is 0.101. The fraction of sp³-hybridized carbons (Fsp3) is 0.143. The highest BCUT2D eigenvalue weighted by Crippen LogP contribution is 2.22. The van der Waals surface area contributed by atoms with Crippen LogP contribution in [-0.2, 0) is 16.6 Å². The molecule has 0 atom stereocenters. The molecule has 0 radical (unpaired) electrons. The van der Waals surface area contributed by atoms with Crippen LogP contribution in [0.1, 0.15) is 11.1 Å². The number of nitrogens with one attached hydrogen (secondary N) is 1. The number of benzene rings is 2. The van der Waals surface area contributed by atoms with Crippen molar-refractivity contribution in [1.82, 2.24) is 0 Å². The van der Waals surface area contributed by atoms with E-state index in [1.807, 2.05) is 0 Å². The van der Waals surface area contributed by atoms with Gasteiger partial charge in [-0.3, -0.25) is 4.72 Å². The van der Waals surface area contributed by atoms with Gasteiger partial charge in [0.05, 0.1) is 10.6 Å². The van der Waals surface area contributed by atoms with Gasteiger partial charge < -0.3 is 5.73 Å². The summed E-state index contributed by atoms with van der Waals surface area (Å²) in [5.41, 5.74) is 6.69. The largest absolute Gasteiger partial charge is 0.326 e. The average molecular weight is 294 g/mol. The molecule has 0 heterocycles. The maximum Gasteiger partial charge on any atom is 0.261 e. The Hall–Kier alpha value is -1.92. The Morgan fingerprint density at radius 1 is 1.20 bits per heavy atom. The van der Waals surface area contributed by atoms with Crippen molar-refractivity contribution in [2.24, 2.45) is 5.73 Å². The fourth-order valence-corrected chi connectivity index (χ4v) is 2.95. The lowest BCUT2D eigenvalue weighted by molar-refractivity contribution is 0.600. The molecule has 0 aliphatic rings. The first-order valence-electron chi connectivity index (χ1n) is 6.01. The third kappa shape index (κ3) is 2.97. The van der Waals surface area contributed by atoms with E-state index in [-0.39, 0.29) is 22.7 Å². The Kier molecular flexibility index (Phi) is 4.06. The molecule has 6 heteroatoms. The van der Waals surface area contributed by atoms with Crippen molar-refractivity contribution in [2.45, 2.75) is 18.4 Å². The molecule has 4 nitrogen and oxygen atoms in total. The normalized spacial score (nSPS) is 11.3. The highest BCUT2D eigenvalue weighted by molar-refractivity contribution is 7.92. The van der Waals surface area contributed by atoms with E-state index < -0.39 is 15.8 Å². The first-order valence-corrected chi connectivity index (χ1v) is 7.49. The van der Waals surface area contributed by atoms with Gasteiger partial charge in [0.15, 0.2) is 0 Å². The molecule has 20 heavy (non-hydrogen) atoms. The van der Waals surface area contributed by atoms with Gasteiger partial charge in [-0.1, -0.05) is 18.2 Å². The van der Waals surface area contributed by atoms with Crippen LogP contribution in [0.25, 0.3) is 0 Å².